The second-order valence-electron chi connectivity index (χ2n) is 8.13. The van der Waals surface area contributed by atoms with Gasteiger partial charge in [0.15, 0.2) is 0 Å². The maximum absolute atomic E-state index is 13.4. The van der Waals surface area contributed by atoms with E-state index in [9.17, 15) is 13.2 Å². The van der Waals surface area contributed by atoms with Crippen LogP contribution < -0.4 is 5.32 Å². The number of para-hydroxylation sites is 1. The summed E-state index contributed by atoms with van der Waals surface area (Å²) in [5.41, 5.74) is 2.76. The topological polar surface area (TPSA) is 105 Å². The van der Waals surface area contributed by atoms with E-state index in [4.69, 9.17) is 4.52 Å². The number of anilines is 1. The van der Waals surface area contributed by atoms with Gasteiger partial charge in [-0.2, -0.15) is 9.29 Å². The van der Waals surface area contributed by atoms with Crippen molar-refractivity contribution in [2.45, 2.75) is 45.4 Å². The molecule has 1 aliphatic heterocycles. The van der Waals surface area contributed by atoms with Crippen LogP contribution in [0, 0.1) is 33.6 Å². The second kappa shape index (κ2) is 8.76. The van der Waals surface area contributed by atoms with Crippen LogP contribution in [0.1, 0.15) is 34.7 Å². The number of hydrogen-bond donors (Lipinski definition) is 1. The van der Waals surface area contributed by atoms with Crippen LogP contribution in [0.3, 0.4) is 0 Å². The molecule has 170 valence electrons. The van der Waals surface area contributed by atoms with Gasteiger partial charge in [-0.25, -0.2) is 8.42 Å². The summed E-state index contributed by atoms with van der Waals surface area (Å²) in [7, 11) is -3.75. The third-order valence-electron chi connectivity index (χ3n) is 5.72. The van der Waals surface area contributed by atoms with Crippen molar-refractivity contribution in [2.75, 3.05) is 18.4 Å². The zero-order valence-corrected chi connectivity index (χ0v) is 20.1. The molecule has 0 saturated carbocycles. The number of sulfonamides is 1. The largest absolute Gasteiger partial charge is 0.339 e. The Morgan fingerprint density at radius 1 is 1.22 bits per heavy atom. The molecule has 0 spiro atoms. The molecule has 1 atom stereocenters. The van der Waals surface area contributed by atoms with Gasteiger partial charge in [0.1, 0.15) is 0 Å². The summed E-state index contributed by atoms with van der Waals surface area (Å²) in [6.07, 6.45) is 1.28. The Bertz CT molecular complexity index is 1240. The summed E-state index contributed by atoms with van der Waals surface area (Å²) in [4.78, 5) is 18.7. The predicted octanol–water partition coefficient (Wildman–Crippen LogP) is 4.07. The Morgan fingerprint density at radius 3 is 2.59 bits per heavy atom. The van der Waals surface area contributed by atoms with Crippen molar-refractivity contribution >= 4 is 33.0 Å². The average molecular weight is 475 g/mol. The van der Waals surface area contributed by atoms with Gasteiger partial charge in [-0.05, 0) is 50.8 Å². The third-order valence-corrected chi connectivity index (χ3v) is 8.89. The highest BCUT2D eigenvalue weighted by Gasteiger charge is 2.35. The number of nitrogens with zero attached hydrogens (tertiary/aromatic N) is 3. The van der Waals surface area contributed by atoms with E-state index in [0.29, 0.717) is 40.9 Å². The molecule has 8 nitrogen and oxygen atoms in total. The van der Waals surface area contributed by atoms with Crippen LogP contribution >= 0.6 is 11.3 Å². The molecule has 1 N–H and O–H groups in total. The van der Waals surface area contributed by atoms with E-state index in [1.165, 1.54) is 15.6 Å². The number of aryl methyl sites for hydroxylation is 4. The lowest BCUT2D eigenvalue weighted by Gasteiger charge is -2.31. The molecule has 1 fully saturated rings. The molecule has 1 amide bonds. The first-order chi connectivity index (χ1) is 15.2. The maximum atomic E-state index is 13.4. The second-order valence-corrected chi connectivity index (χ2v) is 11.3. The van der Waals surface area contributed by atoms with Crippen LogP contribution in [-0.2, 0) is 14.8 Å². The fourth-order valence-electron chi connectivity index (χ4n) is 3.98. The number of benzene rings is 1. The monoisotopic (exact) mass is 474 g/mol. The van der Waals surface area contributed by atoms with E-state index >= 15 is 0 Å². The molecule has 10 heteroatoms. The van der Waals surface area contributed by atoms with Gasteiger partial charge in [-0.15, -0.1) is 11.3 Å². The van der Waals surface area contributed by atoms with Gasteiger partial charge in [0.25, 0.3) is 0 Å². The Kier molecular flexibility index (Phi) is 6.19. The predicted molar refractivity (Wildman–Crippen MR) is 123 cm³/mol. The van der Waals surface area contributed by atoms with Crippen LogP contribution in [-0.4, -0.2) is 41.9 Å². The number of rotatable bonds is 5. The van der Waals surface area contributed by atoms with Gasteiger partial charge in [0, 0.05) is 30.6 Å². The van der Waals surface area contributed by atoms with E-state index in [-0.39, 0.29) is 17.3 Å². The van der Waals surface area contributed by atoms with Crippen LogP contribution in [0.2, 0.25) is 0 Å². The SMILES string of the molecule is Cc1nc(-c2cc(S(=O)(=O)N3CCCC(C(=O)Nc4c(C)cccc4C)C3)c(C)s2)no1. The highest BCUT2D eigenvalue weighted by Crippen LogP contribution is 2.35. The van der Waals surface area contributed by atoms with E-state index < -0.39 is 15.9 Å². The van der Waals surface area contributed by atoms with Crippen molar-refractivity contribution in [1.29, 1.82) is 0 Å². The Balaban J connectivity index is 1.54. The van der Waals surface area contributed by atoms with Gasteiger partial charge < -0.3 is 9.84 Å². The van der Waals surface area contributed by atoms with Crippen molar-refractivity contribution in [3.63, 3.8) is 0 Å². The molecule has 1 unspecified atom stereocenters. The number of carbonyl (C=O) groups excluding carboxylic acids is 1. The molecule has 1 saturated heterocycles. The van der Waals surface area contributed by atoms with Gasteiger partial charge in [-0.1, -0.05) is 23.4 Å². The van der Waals surface area contributed by atoms with Crippen molar-refractivity contribution in [3.05, 3.63) is 46.2 Å². The lowest BCUT2D eigenvalue weighted by molar-refractivity contribution is -0.120. The Labute approximate surface area is 191 Å². The normalized spacial score (nSPS) is 17.4. The minimum Gasteiger partial charge on any atom is -0.339 e. The van der Waals surface area contributed by atoms with Crippen molar-refractivity contribution in [2.24, 2.45) is 5.92 Å². The molecule has 3 aromatic rings. The van der Waals surface area contributed by atoms with E-state index in [1.54, 1.807) is 19.9 Å². The average Bonchev–Trinajstić information content (AvgIpc) is 3.36. The van der Waals surface area contributed by atoms with Gasteiger partial charge in [0.05, 0.1) is 15.7 Å². The van der Waals surface area contributed by atoms with Gasteiger partial charge >= 0.3 is 0 Å². The summed E-state index contributed by atoms with van der Waals surface area (Å²) in [6, 6.07) is 7.44. The van der Waals surface area contributed by atoms with Crippen LogP contribution in [0.25, 0.3) is 10.7 Å². The molecule has 0 aliphatic carbocycles. The standard InChI is InChI=1S/C22H26N4O4S2/c1-13-7-5-8-14(2)20(13)24-22(27)17-9-6-10-26(12-17)32(28,29)19-11-18(31-15(19)3)21-23-16(4)30-25-21/h5,7-8,11,17H,6,9-10,12H2,1-4H3,(H,24,27). The summed E-state index contributed by atoms with van der Waals surface area (Å²) in [5.74, 6) is 0.244. The zero-order valence-electron chi connectivity index (χ0n) is 18.5. The number of aromatic nitrogens is 2. The van der Waals surface area contributed by atoms with Crippen molar-refractivity contribution < 1.29 is 17.7 Å². The van der Waals surface area contributed by atoms with Crippen molar-refractivity contribution in [1.82, 2.24) is 14.4 Å². The summed E-state index contributed by atoms with van der Waals surface area (Å²) >= 11 is 1.31. The van der Waals surface area contributed by atoms with Crippen LogP contribution in [0.4, 0.5) is 5.69 Å². The molecule has 1 aliphatic rings. The minimum absolute atomic E-state index is 0.146. The molecule has 4 rings (SSSR count). The summed E-state index contributed by atoms with van der Waals surface area (Å²) < 4.78 is 33.3. The minimum atomic E-state index is -3.75. The molecule has 0 bridgehead atoms. The van der Waals surface area contributed by atoms with Crippen LogP contribution in [0.15, 0.2) is 33.7 Å². The van der Waals surface area contributed by atoms with Crippen LogP contribution in [0.5, 0.6) is 0 Å². The molecular weight excluding hydrogens is 448 g/mol. The zero-order chi connectivity index (χ0) is 23.0. The van der Waals surface area contributed by atoms with Gasteiger partial charge in [-0.3, -0.25) is 4.79 Å². The first-order valence-corrected chi connectivity index (χ1v) is 12.7. The first kappa shape index (κ1) is 22.6. The Hall–Kier alpha value is -2.56. The lowest BCUT2D eigenvalue weighted by atomic mass is 9.98. The fourth-order valence-corrected chi connectivity index (χ4v) is 6.99. The Morgan fingerprint density at radius 2 is 1.94 bits per heavy atom. The molecule has 0 radical (unpaired) electrons. The molecule has 1 aromatic carbocycles. The number of nitrogens with one attached hydrogen (secondary N) is 1. The molecule has 3 heterocycles. The first-order valence-electron chi connectivity index (χ1n) is 10.4. The number of hydrogen-bond acceptors (Lipinski definition) is 7. The molecule has 32 heavy (non-hydrogen) atoms. The quantitative estimate of drug-likeness (QED) is 0.598. The summed E-state index contributed by atoms with van der Waals surface area (Å²) in [5, 5.41) is 6.90. The summed E-state index contributed by atoms with van der Waals surface area (Å²) in [6.45, 7) is 7.90. The third kappa shape index (κ3) is 4.35. The van der Waals surface area contributed by atoms with E-state index in [1.807, 2.05) is 32.0 Å². The van der Waals surface area contributed by atoms with E-state index in [2.05, 4.69) is 15.5 Å². The molecular formula is C22H26N4O4S2. The fraction of sp³-hybridized carbons (Fsp3) is 0.409. The van der Waals surface area contributed by atoms with Gasteiger partial charge in [0.2, 0.25) is 27.6 Å². The maximum Gasteiger partial charge on any atom is 0.244 e. The highest BCUT2D eigenvalue weighted by atomic mass is 32.2. The van der Waals surface area contributed by atoms with Crippen molar-refractivity contribution in [3.8, 4) is 10.7 Å². The smallest absolute Gasteiger partial charge is 0.244 e. The number of thiophene rings is 1. The number of carbonyl (C=O) groups is 1. The molecule has 2 aromatic heterocycles. The lowest BCUT2D eigenvalue weighted by Crippen LogP contribution is -2.43. The highest BCUT2D eigenvalue weighted by molar-refractivity contribution is 7.89. The number of amides is 1. The number of piperidine rings is 1. The van der Waals surface area contributed by atoms with E-state index in [0.717, 1.165) is 16.8 Å².